The summed E-state index contributed by atoms with van der Waals surface area (Å²) in [7, 11) is 0. The summed E-state index contributed by atoms with van der Waals surface area (Å²) in [4.78, 5) is 22.8. The average molecular weight is 290 g/mol. The van der Waals surface area contributed by atoms with Crippen LogP contribution in [0.5, 0.6) is 5.75 Å². The molecule has 2 N–H and O–H groups in total. The van der Waals surface area contributed by atoms with Gasteiger partial charge in [-0.25, -0.2) is 4.79 Å². The van der Waals surface area contributed by atoms with E-state index in [1.54, 1.807) is 24.3 Å². The van der Waals surface area contributed by atoms with Crippen molar-refractivity contribution in [1.82, 2.24) is 0 Å². The molecule has 1 aliphatic rings. The number of aliphatic carboxylic acids is 1. The number of anilines is 1. The van der Waals surface area contributed by atoms with E-state index < -0.39 is 24.1 Å². The maximum atomic E-state index is 12.0. The number of rotatable bonds is 5. The maximum Gasteiger partial charge on any atom is 0.332 e. The van der Waals surface area contributed by atoms with E-state index in [0.717, 1.165) is 0 Å². The zero-order valence-corrected chi connectivity index (χ0v) is 11.1. The van der Waals surface area contributed by atoms with Crippen molar-refractivity contribution in [3.05, 3.63) is 24.3 Å². The summed E-state index contributed by atoms with van der Waals surface area (Å²) >= 11 is 0. The van der Waals surface area contributed by atoms with Crippen molar-refractivity contribution in [2.24, 2.45) is 0 Å². The number of hydrogen-bond donors (Lipinski definition) is 2. The Morgan fingerprint density at radius 3 is 2.86 bits per heavy atom. The van der Waals surface area contributed by atoms with E-state index in [4.69, 9.17) is 19.8 Å². The average Bonchev–Trinajstić information content (AvgIpc) is 2.95. The monoisotopic (exact) mass is 290 g/mol. The van der Waals surface area contributed by atoms with E-state index in [-0.39, 0.29) is 6.61 Å². The third kappa shape index (κ3) is 3.94. The summed E-state index contributed by atoms with van der Waals surface area (Å²) in [5.74, 6) is -0.988. The number of carbonyl (C=O) groups is 2. The second-order valence-electron chi connectivity index (χ2n) is 4.49. The Balaban J connectivity index is 1.94. The molecule has 2 unspecified atom stereocenters. The molecule has 0 saturated carbocycles. The van der Waals surface area contributed by atoms with Gasteiger partial charge in [-0.15, -0.1) is 0 Å². The van der Waals surface area contributed by atoms with Gasteiger partial charge in [0, 0.05) is 11.8 Å². The summed E-state index contributed by atoms with van der Waals surface area (Å²) in [6.07, 6.45) is -1.01. The van der Waals surface area contributed by atoms with E-state index in [2.05, 4.69) is 5.32 Å². The number of amides is 1. The normalized spacial score (nSPS) is 20.5. The number of benzene rings is 1. The first kappa shape index (κ1) is 14.8. The third-order valence-corrected chi connectivity index (χ3v) is 2.99. The molecule has 7 heteroatoms. The van der Waals surface area contributed by atoms with Crippen molar-refractivity contribution in [3.8, 4) is 11.8 Å². The molecule has 0 radical (unpaired) electrons. The topological polar surface area (TPSA) is 109 Å². The third-order valence-electron chi connectivity index (χ3n) is 2.99. The highest BCUT2D eigenvalue weighted by molar-refractivity contribution is 5.94. The van der Waals surface area contributed by atoms with E-state index in [9.17, 15) is 9.59 Å². The summed E-state index contributed by atoms with van der Waals surface area (Å²) in [5.41, 5.74) is 0.498. The highest BCUT2D eigenvalue weighted by Gasteiger charge is 2.34. The van der Waals surface area contributed by atoms with Crippen molar-refractivity contribution >= 4 is 17.6 Å². The van der Waals surface area contributed by atoms with E-state index >= 15 is 0 Å². The van der Waals surface area contributed by atoms with Crippen LogP contribution >= 0.6 is 0 Å². The van der Waals surface area contributed by atoms with Gasteiger partial charge in [-0.3, -0.25) is 4.79 Å². The first-order valence-corrected chi connectivity index (χ1v) is 6.39. The molecule has 110 valence electrons. The Kier molecular flexibility index (Phi) is 4.74. The number of carboxylic acid groups (broad SMARTS) is 1. The minimum Gasteiger partial charge on any atom is -0.479 e. The van der Waals surface area contributed by atoms with Crippen LogP contribution in [0.25, 0.3) is 0 Å². The molecule has 0 bridgehead atoms. The number of hydrogen-bond acceptors (Lipinski definition) is 5. The minimum atomic E-state index is -1.06. The lowest BCUT2D eigenvalue weighted by atomic mass is 10.2. The van der Waals surface area contributed by atoms with Crippen LogP contribution in [0.3, 0.4) is 0 Å². The number of nitrogens with one attached hydrogen (secondary N) is 1. The standard InChI is InChI=1S/C14H14N2O5/c15-6-7-20-10-3-1-2-9(8-10)16-13(17)11-4-5-12(21-11)14(18)19/h1-3,8,11-12H,4-5,7H2,(H,16,17)(H,18,19). The molecule has 21 heavy (non-hydrogen) atoms. The lowest BCUT2D eigenvalue weighted by Crippen LogP contribution is -2.29. The smallest absolute Gasteiger partial charge is 0.332 e. The second kappa shape index (κ2) is 6.72. The van der Waals surface area contributed by atoms with Crippen LogP contribution in [0.4, 0.5) is 5.69 Å². The zero-order chi connectivity index (χ0) is 15.2. The number of carbonyl (C=O) groups excluding carboxylic acids is 1. The lowest BCUT2D eigenvalue weighted by molar-refractivity contribution is -0.150. The molecular weight excluding hydrogens is 276 g/mol. The fourth-order valence-electron chi connectivity index (χ4n) is 2.01. The molecule has 2 atom stereocenters. The summed E-state index contributed by atoms with van der Waals surface area (Å²) in [6, 6.07) is 8.45. The van der Waals surface area contributed by atoms with Crippen molar-refractivity contribution in [3.63, 3.8) is 0 Å². The minimum absolute atomic E-state index is 0.0799. The van der Waals surface area contributed by atoms with Gasteiger partial charge in [-0.05, 0) is 25.0 Å². The van der Waals surface area contributed by atoms with Crippen LogP contribution < -0.4 is 10.1 Å². The molecule has 2 rings (SSSR count). The van der Waals surface area contributed by atoms with Gasteiger partial charge in [-0.1, -0.05) is 6.07 Å². The molecule has 7 nitrogen and oxygen atoms in total. The number of carboxylic acids is 1. The van der Waals surface area contributed by atoms with Gasteiger partial charge < -0.3 is 19.9 Å². The molecule has 0 aromatic heterocycles. The van der Waals surface area contributed by atoms with Crippen molar-refractivity contribution in [2.45, 2.75) is 25.0 Å². The molecule has 1 amide bonds. The Labute approximate surface area is 121 Å². The SMILES string of the molecule is N#CCOc1cccc(NC(=O)C2CCC(C(=O)O)O2)c1. The van der Waals surface area contributed by atoms with Crippen LogP contribution in [-0.2, 0) is 14.3 Å². The quantitative estimate of drug-likeness (QED) is 0.842. The highest BCUT2D eigenvalue weighted by atomic mass is 16.5. The maximum absolute atomic E-state index is 12.0. The van der Waals surface area contributed by atoms with Gasteiger partial charge in [0.2, 0.25) is 0 Å². The summed E-state index contributed by atoms with van der Waals surface area (Å²) in [6.45, 7) is -0.0799. The van der Waals surface area contributed by atoms with Gasteiger partial charge in [0.05, 0.1) is 0 Å². The fraction of sp³-hybridized carbons (Fsp3) is 0.357. The van der Waals surface area contributed by atoms with Crippen LogP contribution in [-0.4, -0.2) is 35.8 Å². The van der Waals surface area contributed by atoms with E-state index in [0.29, 0.717) is 24.3 Å². The van der Waals surface area contributed by atoms with E-state index in [1.807, 2.05) is 6.07 Å². The van der Waals surface area contributed by atoms with E-state index in [1.165, 1.54) is 0 Å². The van der Waals surface area contributed by atoms with Gasteiger partial charge in [0.1, 0.15) is 17.9 Å². The van der Waals surface area contributed by atoms with Crippen LogP contribution in [0.15, 0.2) is 24.3 Å². The first-order valence-electron chi connectivity index (χ1n) is 6.39. The molecule has 1 heterocycles. The molecule has 0 spiro atoms. The molecular formula is C14H14N2O5. The number of ether oxygens (including phenoxy) is 2. The molecule has 1 aliphatic heterocycles. The summed E-state index contributed by atoms with van der Waals surface area (Å²) < 4.78 is 10.3. The Hall–Kier alpha value is -2.59. The Morgan fingerprint density at radius 1 is 1.43 bits per heavy atom. The van der Waals surface area contributed by atoms with Crippen LogP contribution in [0, 0.1) is 11.3 Å². The molecule has 1 saturated heterocycles. The Morgan fingerprint density at radius 2 is 2.19 bits per heavy atom. The fourth-order valence-corrected chi connectivity index (χ4v) is 2.01. The van der Waals surface area contributed by atoms with Gasteiger partial charge in [-0.2, -0.15) is 5.26 Å². The number of nitriles is 1. The molecule has 0 aliphatic carbocycles. The largest absolute Gasteiger partial charge is 0.479 e. The van der Waals surface area contributed by atoms with Gasteiger partial charge in [0.25, 0.3) is 5.91 Å². The van der Waals surface area contributed by atoms with Crippen LogP contribution in [0.2, 0.25) is 0 Å². The van der Waals surface area contributed by atoms with Gasteiger partial charge >= 0.3 is 5.97 Å². The molecule has 1 aromatic rings. The van der Waals surface area contributed by atoms with Crippen molar-refractivity contribution < 1.29 is 24.2 Å². The zero-order valence-electron chi connectivity index (χ0n) is 11.1. The predicted molar refractivity (Wildman–Crippen MR) is 71.7 cm³/mol. The van der Waals surface area contributed by atoms with Crippen LogP contribution in [0.1, 0.15) is 12.8 Å². The summed E-state index contributed by atoms with van der Waals surface area (Å²) in [5, 5.41) is 19.9. The lowest BCUT2D eigenvalue weighted by Gasteiger charge is -2.12. The molecule has 1 aromatic carbocycles. The van der Waals surface area contributed by atoms with Gasteiger partial charge in [0.15, 0.2) is 12.7 Å². The number of nitrogens with zero attached hydrogens (tertiary/aromatic N) is 1. The molecule has 1 fully saturated rings. The predicted octanol–water partition coefficient (Wildman–Crippen LogP) is 1.16. The second-order valence-corrected chi connectivity index (χ2v) is 4.49. The Bertz CT molecular complexity index is 581. The van der Waals surface area contributed by atoms with Crippen molar-refractivity contribution in [1.29, 1.82) is 5.26 Å². The van der Waals surface area contributed by atoms with Crippen molar-refractivity contribution in [2.75, 3.05) is 11.9 Å². The first-order chi connectivity index (χ1) is 10.1. The highest BCUT2D eigenvalue weighted by Crippen LogP contribution is 2.22.